The van der Waals surface area contributed by atoms with Gasteiger partial charge < -0.3 is 21.1 Å². The highest BCUT2D eigenvalue weighted by Gasteiger charge is 2.21. The summed E-state index contributed by atoms with van der Waals surface area (Å²) >= 11 is 0. The Morgan fingerprint density at radius 3 is 2.59 bits per heavy atom. The van der Waals surface area contributed by atoms with Crippen LogP contribution in [-0.4, -0.2) is 52.5 Å². The quantitative estimate of drug-likeness (QED) is 0.689. The van der Waals surface area contributed by atoms with Crippen LogP contribution in [0.4, 0.5) is 0 Å². The summed E-state index contributed by atoms with van der Waals surface area (Å²) in [7, 11) is 1.73. The lowest BCUT2D eigenvalue weighted by atomic mass is 9.93. The second-order valence-corrected chi connectivity index (χ2v) is 7.57. The maximum Gasteiger partial charge on any atom is 0.270 e. The van der Waals surface area contributed by atoms with E-state index in [1.54, 1.807) is 24.2 Å². The topological polar surface area (TPSA) is 109 Å². The van der Waals surface area contributed by atoms with Crippen LogP contribution in [0.15, 0.2) is 42.6 Å². The van der Waals surface area contributed by atoms with Crippen molar-refractivity contribution in [1.82, 2.24) is 15.2 Å². The summed E-state index contributed by atoms with van der Waals surface area (Å²) < 4.78 is 0. The van der Waals surface area contributed by atoms with Gasteiger partial charge in [-0.25, -0.2) is 0 Å². The van der Waals surface area contributed by atoms with Gasteiger partial charge in [-0.2, -0.15) is 0 Å². The number of pyridine rings is 1. The molecule has 1 aromatic heterocycles. The van der Waals surface area contributed by atoms with Crippen LogP contribution < -0.4 is 11.1 Å². The first-order valence-electron chi connectivity index (χ1n) is 9.94. The van der Waals surface area contributed by atoms with Crippen molar-refractivity contribution in [3.8, 4) is 11.1 Å². The molecule has 3 rings (SSSR count). The molecule has 2 amide bonds. The normalized spacial score (nSPS) is 18.9. The van der Waals surface area contributed by atoms with Gasteiger partial charge in [-0.3, -0.25) is 14.6 Å². The van der Waals surface area contributed by atoms with Gasteiger partial charge in [-0.15, -0.1) is 0 Å². The number of aromatic nitrogens is 1. The third-order valence-electron chi connectivity index (χ3n) is 5.31. The lowest BCUT2D eigenvalue weighted by Gasteiger charge is -2.26. The lowest BCUT2D eigenvalue weighted by Crippen LogP contribution is -2.38. The van der Waals surface area contributed by atoms with Gasteiger partial charge in [0.1, 0.15) is 5.69 Å². The summed E-state index contributed by atoms with van der Waals surface area (Å²) in [4.78, 5) is 30.0. The third-order valence-corrected chi connectivity index (χ3v) is 5.31. The predicted octanol–water partition coefficient (Wildman–Crippen LogP) is 1.70. The smallest absolute Gasteiger partial charge is 0.270 e. The molecule has 0 bridgehead atoms. The molecule has 1 aromatic carbocycles. The number of hydrogen-bond acceptors (Lipinski definition) is 5. The zero-order valence-corrected chi connectivity index (χ0v) is 16.7. The molecule has 0 aliphatic heterocycles. The number of nitrogens with one attached hydrogen (secondary N) is 1. The highest BCUT2D eigenvalue weighted by molar-refractivity contribution is 5.92. The molecule has 1 heterocycles. The second kappa shape index (κ2) is 9.62. The van der Waals surface area contributed by atoms with Crippen molar-refractivity contribution in [3.05, 3.63) is 53.9 Å². The predicted molar refractivity (Wildman–Crippen MR) is 111 cm³/mol. The molecule has 0 unspecified atom stereocenters. The Bertz CT molecular complexity index is 845. The van der Waals surface area contributed by atoms with E-state index in [0.29, 0.717) is 12.2 Å². The number of aliphatic hydroxyl groups is 1. The summed E-state index contributed by atoms with van der Waals surface area (Å²) in [6.45, 7) is 0.471. The Hall–Kier alpha value is -2.77. The van der Waals surface area contributed by atoms with Gasteiger partial charge in [0.2, 0.25) is 5.91 Å². The minimum absolute atomic E-state index is 0.00885. The zero-order chi connectivity index (χ0) is 20.8. The average molecular weight is 396 g/mol. The van der Waals surface area contributed by atoms with Crippen LogP contribution >= 0.6 is 0 Å². The molecule has 1 aliphatic carbocycles. The Balaban J connectivity index is 1.64. The van der Waals surface area contributed by atoms with Crippen molar-refractivity contribution >= 4 is 11.8 Å². The number of carbonyl (C=O) groups excluding carboxylic acids is 2. The Morgan fingerprint density at radius 2 is 1.93 bits per heavy atom. The largest absolute Gasteiger partial charge is 0.393 e. The third kappa shape index (κ3) is 5.62. The number of likely N-dealkylation sites (N-methyl/N-ethyl adjacent to an activating group) is 1. The average Bonchev–Trinajstić information content (AvgIpc) is 2.75. The molecular formula is C22H28N4O3. The molecule has 0 spiro atoms. The van der Waals surface area contributed by atoms with Gasteiger partial charge in [0.25, 0.3) is 5.91 Å². The number of aliphatic hydroxyl groups excluding tert-OH is 1. The van der Waals surface area contributed by atoms with Crippen LogP contribution in [0.5, 0.6) is 0 Å². The molecule has 29 heavy (non-hydrogen) atoms. The number of rotatable bonds is 6. The standard InChI is InChI=1S/C22H28N4O3/c1-26(21(28)12-23)14-15-3-2-4-16(11-15)17-5-10-20(24-13-17)22(29)25-18-6-8-19(27)9-7-18/h2-5,10-11,13,18-19,27H,6-9,12,14,23H2,1H3,(H,25,29). The molecule has 7 nitrogen and oxygen atoms in total. The van der Waals surface area contributed by atoms with E-state index in [0.717, 1.165) is 42.4 Å². The number of benzene rings is 1. The van der Waals surface area contributed by atoms with Gasteiger partial charge in [0.15, 0.2) is 0 Å². The Labute approximate surface area is 170 Å². The fourth-order valence-electron chi connectivity index (χ4n) is 3.55. The van der Waals surface area contributed by atoms with Crippen molar-refractivity contribution < 1.29 is 14.7 Å². The van der Waals surface area contributed by atoms with Gasteiger partial charge >= 0.3 is 0 Å². The van der Waals surface area contributed by atoms with Crippen molar-refractivity contribution in [2.45, 2.75) is 44.4 Å². The molecule has 0 radical (unpaired) electrons. The molecule has 0 atom stereocenters. The van der Waals surface area contributed by atoms with Crippen molar-refractivity contribution in [3.63, 3.8) is 0 Å². The monoisotopic (exact) mass is 396 g/mol. The zero-order valence-electron chi connectivity index (χ0n) is 16.7. The molecular weight excluding hydrogens is 368 g/mol. The number of carbonyl (C=O) groups is 2. The Morgan fingerprint density at radius 1 is 1.17 bits per heavy atom. The van der Waals surface area contributed by atoms with Crippen LogP contribution in [0.3, 0.4) is 0 Å². The van der Waals surface area contributed by atoms with E-state index < -0.39 is 0 Å². The molecule has 1 saturated carbocycles. The Kier molecular flexibility index (Phi) is 6.95. The number of nitrogens with zero attached hydrogens (tertiary/aromatic N) is 2. The summed E-state index contributed by atoms with van der Waals surface area (Å²) in [5.74, 6) is -0.298. The summed E-state index contributed by atoms with van der Waals surface area (Å²) in [6.07, 6.45) is 4.47. The van der Waals surface area contributed by atoms with Gasteiger partial charge in [-0.05, 0) is 48.9 Å². The van der Waals surface area contributed by atoms with Crippen molar-refractivity contribution in [2.24, 2.45) is 5.73 Å². The fourth-order valence-corrected chi connectivity index (χ4v) is 3.55. The van der Waals surface area contributed by atoms with Gasteiger partial charge in [-0.1, -0.05) is 24.3 Å². The fraction of sp³-hybridized carbons (Fsp3) is 0.409. The maximum atomic E-state index is 12.4. The maximum absolute atomic E-state index is 12.4. The summed E-state index contributed by atoms with van der Waals surface area (Å²) in [6, 6.07) is 11.6. The van der Waals surface area contributed by atoms with Gasteiger partial charge in [0.05, 0.1) is 12.6 Å². The van der Waals surface area contributed by atoms with Crippen LogP contribution in [0.2, 0.25) is 0 Å². The molecule has 2 aromatic rings. The van der Waals surface area contributed by atoms with E-state index in [9.17, 15) is 14.7 Å². The van der Waals surface area contributed by atoms with E-state index in [4.69, 9.17) is 5.73 Å². The van der Waals surface area contributed by atoms with Crippen LogP contribution in [0.1, 0.15) is 41.7 Å². The summed E-state index contributed by atoms with van der Waals surface area (Å²) in [5.41, 5.74) is 8.65. The highest BCUT2D eigenvalue weighted by Crippen LogP contribution is 2.21. The van der Waals surface area contributed by atoms with Crippen LogP contribution in [-0.2, 0) is 11.3 Å². The van der Waals surface area contributed by atoms with Crippen LogP contribution in [0.25, 0.3) is 11.1 Å². The van der Waals surface area contributed by atoms with E-state index in [1.807, 2.05) is 30.3 Å². The summed E-state index contributed by atoms with van der Waals surface area (Å²) in [5, 5.41) is 12.6. The number of amides is 2. The van der Waals surface area contributed by atoms with Crippen LogP contribution in [0, 0.1) is 0 Å². The molecule has 0 saturated heterocycles. The van der Waals surface area contributed by atoms with E-state index in [-0.39, 0.29) is 30.5 Å². The number of hydrogen-bond donors (Lipinski definition) is 3. The molecule has 154 valence electrons. The highest BCUT2D eigenvalue weighted by atomic mass is 16.3. The minimum atomic E-state index is -0.246. The second-order valence-electron chi connectivity index (χ2n) is 7.57. The van der Waals surface area contributed by atoms with E-state index >= 15 is 0 Å². The molecule has 4 N–H and O–H groups in total. The molecule has 1 aliphatic rings. The SMILES string of the molecule is CN(Cc1cccc(-c2ccc(C(=O)NC3CCC(O)CC3)nc2)c1)C(=O)CN. The van der Waals surface area contributed by atoms with Crippen molar-refractivity contribution in [1.29, 1.82) is 0 Å². The molecule has 1 fully saturated rings. The molecule has 7 heteroatoms. The minimum Gasteiger partial charge on any atom is -0.393 e. The number of nitrogens with two attached hydrogens (primary N) is 1. The lowest BCUT2D eigenvalue weighted by molar-refractivity contribution is -0.128. The van der Waals surface area contributed by atoms with E-state index in [1.165, 1.54) is 0 Å². The first-order valence-corrected chi connectivity index (χ1v) is 9.94. The first kappa shape index (κ1) is 21.0. The first-order chi connectivity index (χ1) is 14.0. The van der Waals surface area contributed by atoms with Crippen molar-refractivity contribution in [2.75, 3.05) is 13.6 Å². The van der Waals surface area contributed by atoms with E-state index in [2.05, 4.69) is 10.3 Å². The van der Waals surface area contributed by atoms with Gasteiger partial charge in [0, 0.05) is 31.4 Å².